The summed E-state index contributed by atoms with van der Waals surface area (Å²) in [5.74, 6) is -2.73. The number of carbonyl (C=O) groups is 2. The molecule has 1 aromatic heterocycles. The summed E-state index contributed by atoms with van der Waals surface area (Å²) in [7, 11) is -4.23. The maximum Gasteiger partial charge on any atom is 0.335 e. The molecule has 3 N–H and O–H groups in total. The van der Waals surface area contributed by atoms with Gasteiger partial charge < -0.3 is 10.2 Å². The van der Waals surface area contributed by atoms with Crippen molar-refractivity contribution in [2.24, 2.45) is 0 Å². The SMILES string of the molecule is Cc1nc2ccc(S(=O)(=O)ONc3cc(C(=O)O)cc(C(=O)O)c3)cc2s1. The molecule has 140 valence electrons. The van der Waals surface area contributed by atoms with Crippen LogP contribution in [-0.2, 0) is 14.4 Å². The Labute approximate surface area is 156 Å². The van der Waals surface area contributed by atoms with Crippen molar-refractivity contribution in [3.05, 3.63) is 52.5 Å². The van der Waals surface area contributed by atoms with E-state index in [9.17, 15) is 18.0 Å². The van der Waals surface area contributed by atoms with Crippen LogP contribution in [0.1, 0.15) is 25.7 Å². The van der Waals surface area contributed by atoms with E-state index in [2.05, 4.69) is 10.5 Å². The third-order valence-corrected chi connectivity index (χ3v) is 5.52. The summed E-state index contributed by atoms with van der Waals surface area (Å²) in [6.45, 7) is 1.80. The highest BCUT2D eigenvalue weighted by molar-refractivity contribution is 7.86. The number of carboxylic acids is 2. The molecule has 9 nitrogen and oxygen atoms in total. The number of carboxylic acid groups (broad SMARTS) is 2. The van der Waals surface area contributed by atoms with Gasteiger partial charge in [-0.2, -0.15) is 8.42 Å². The summed E-state index contributed by atoms with van der Waals surface area (Å²) in [5.41, 5.74) is 1.96. The average molecular weight is 408 g/mol. The summed E-state index contributed by atoms with van der Waals surface area (Å²) in [4.78, 5) is 26.3. The lowest BCUT2D eigenvalue weighted by Gasteiger charge is -2.09. The summed E-state index contributed by atoms with van der Waals surface area (Å²) in [6, 6.07) is 7.34. The number of nitrogens with zero attached hydrogens (tertiary/aromatic N) is 1. The third-order valence-electron chi connectivity index (χ3n) is 3.45. The van der Waals surface area contributed by atoms with Gasteiger partial charge in [0.05, 0.1) is 36.9 Å². The monoisotopic (exact) mass is 408 g/mol. The Kier molecular flexibility index (Phi) is 4.83. The number of aromatic nitrogens is 1. The van der Waals surface area contributed by atoms with Crippen LogP contribution < -0.4 is 5.48 Å². The maximum atomic E-state index is 12.4. The van der Waals surface area contributed by atoms with Crippen molar-refractivity contribution in [1.82, 2.24) is 4.98 Å². The van der Waals surface area contributed by atoms with Crippen LogP contribution in [0.25, 0.3) is 10.2 Å². The molecule has 27 heavy (non-hydrogen) atoms. The van der Waals surface area contributed by atoms with Crippen molar-refractivity contribution >= 4 is 49.3 Å². The van der Waals surface area contributed by atoms with E-state index in [-0.39, 0.29) is 21.7 Å². The van der Waals surface area contributed by atoms with Gasteiger partial charge in [0.2, 0.25) is 0 Å². The van der Waals surface area contributed by atoms with Crippen LogP contribution in [0, 0.1) is 6.92 Å². The first kappa shape index (κ1) is 18.8. The average Bonchev–Trinajstić information content (AvgIpc) is 2.98. The molecule has 0 aliphatic carbocycles. The van der Waals surface area contributed by atoms with Gasteiger partial charge in [0.1, 0.15) is 0 Å². The van der Waals surface area contributed by atoms with Crippen molar-refractivity contribution < 1.29 is 32.5 Å². The van der Waals surface area contributed by atoms with Crippen LogP contribution in [0.15, 0.2) is 41.3 Å². The highest BCUT2D eigenvalue weighted by atomic mass is 32.2. The van der Waals surface area contributed by atoms with Crippen LogP contribution >= 0.6 is 11.3 Å². The van der Waals surface area contributed by atoms with Crippen LogP contribution in [-0.4, -0.2) is 35.6 Å². The Morgan fingerprint density at radius 3 is 2.30 bits per heavy atom. The number of anilines is 1. The second-order valence-corrected chi connectivity index (χ2v) is 8.19. The number of benzene rings is 2. The standard InChI is InChI=1S/C16H12N2O7S2/c1-8-17-13-3-2-12(7-14(13)26-8)27(23,24)25-18-11-5-9(15(19)20)4-10(6-11)16(21)22/h2-7,18H,1H3,(H,19,20)(H,21,22). The first-order valence-corrected chi connectivity index (χ1v) is 9.56. The Morgan fingerprint density at radius 2 is 1.70 bits per heavy atom. The van der Waals surface area contributed by atoms with Crippen LogP contribution in [0.2, 0.25) is 0 Å². The fourth-order valence-electron chi connectivity index (χ4n) is 2.26. The zero-order valence-electron chi connectivity index (χ0n) is 13.7. The van der Waals surface area contributed by atoms with Crippen molar-refractivity contribution in [3.8, 4) is 0 Å². The number of rotatable bonds is 6. The van der Waals surface area contributed by atoms with Crippen molar-refractivity contribution in [2.75, 3.05) is 5.48 Å². The van der Waals surface area contributed by atoms with Crippen molar-refractivity contribution in [2.45, 2.75) is 11.8 Å². The zero-order valence-corrected chi connectivity index (χ0v) is 15.3. The quantitative estimate of drug-likeness (QED) is 0.524. The minimum atomic E-state index is -4.23. The zero-order chi connectivity index (χ0) is 19.8. The molecular weight excluding hydrogens is 396 g/mol. The van der Waals surface area contributed by atoms with Gasteiger partial charge in [0.25, 0.3) is 0 Å². The molecule has 2 aromatic carbocycles. The fraction of sp³-hybridized carbons (Fsp3) is 0.0625. The van der Waals surface area contributed by atoms with Crippen LogP contribution in [0.3, 0.4) is 0 Å². The van der Waals surface area contributed by atoms with E-state index in [4.69, 9.17) is 14.5 Å². The van der Waals surface area contributed by atoms with Gasteiger partial charge in [-0.15, -0.1) is 15.6 Å². The van der Waals surface area contributed by atoms with Crippen LogP contribution in [0.4, 0.5) is 5.69 Å². The smallest absolute Gasteiger partial charge is 0.335 e. The number of nitrogens with one attached hydrogen (secondary N) is 1. The summed E-state index contributed by atoms with van der Waals surface area (Å²) >= 11 is 1.33. The highest BCUT2D eigenvalue weighted by Crippen LogP contribution is 2.26. The molecule has 0 aliphatic heterocycles. The normalized spacial score (nSPS) is 11.4. The highest BCUT2D eigenvalue weighted by Gasteiger charge is 2.18. The van der Waals surface area contributed by atoms with E-state index < -0.39 is 22.1 Å². The summed E-state index contributed by atoms with van der Waals surface area (Å²) in [5, 5.41) is 18.9. The van der Waals surface area contributed by atoms with Gasteiger partial charge in [0, 0.05) is 0 Å². The molecule has 0 saturated heterocycles. The molecule has 0 saturated carbocycles. The molecule has 11 heteroatoms. The second-order valence-electron chi connectivity index (χ2n) is 5.41. The van der Waals surface area contributed by atoms with E-state index in [0.29, 0.717) is 10.2 Å². The molecule has 0 unspecified atom stereocenters. The first-order chi connectivity index (χ1) is 12.7. The second kappa shape index (κ2) is 6.95. The van der Waals surface area contributed by atoms with E-state index in [0.717, 1.165) is 23.2 Å². The summed E-state index contributed by atoms with van der Waals surface area (Å²) < 4.78 is 30.1. The molecule has 3 rings (SSSR count). The molecule has 1 heterocycles. The van der Waals surface area contributed by atoms with E-state index in [1.165, 1.54) is 23.5 Å². The molecule has 3 aromatic rings. The lowest BCUT2D eigenvalue weighted by atomic mass is 10.1. The summed E-state index contributed by atoms with van der Waals surface area (Å²) in [6.07, 6.45) is 0. The third kappa shape index (κ3) is 4.05. The first-order valence-electron chi connectivity index (χ1n) is 7.34. The van der Waals surface area contributed by atoms with Gasteiger partial charge >= 0.3 is 22.1 Å². The Bertz CT molecular complexity index is 1140. The largest absolute Gasteiger partial charge is 0.478 e. The molecule has 0 amide bonds. The Hall–Kier alpha value is -3.02. The minimum Gasteiger partial charge on any atom is -0.478 e. The fourth-order valence-corrected chi connectivity index (χ4v) is 4.00. The maximum absolute atomic E-state index is 12.4. The number of hydrogen-bond acceptors (Lipinski definition) is 8. The topological polar surface area (TPSA) is 143 Å². The van der Waals surface area contributed by atoms with Gasteiger partial charge in [-0.1, -0.05) is 0 Å². The van der Waals surface area contributed by atoms with Gasteiger partial charge in [-0.25, -0.2) is 20.1 Å². The number of aromatic carboxylic acids is 2. The molecule has 0 fully saturated rings. The Morgan fingerprint density at radius 1 is 1.07 bits per heavy atom. The molecule has 0 radical (unpaired) electrons. The minimum absolute atomic E-state index is 0.126. The molecule has 0 bridgehead atoms. The van der Waals surface area contributed by atoms with Gasteiger partial charge in [-0.3, -0.25) is 0 Å². The molecule has 0 atom stereocenters. The number of thiazole rings is 1. The predicted molar refractivity (Wildman–Crippen MR) is 96.6 cm³/mol. The lowest BCUT2D eigenvalue weighted by Crippen LogP contribution is -2.13. The van der Waals surface area contributed by atoms with Gasteiger partial charge in [0.15, 0.2) is 0 Å². The number of aryl methyl sites for hydroxylation is 1. The van der Waals surface area contributed by atoms with E-state index >= 15 is 0 Å². The molecular formula is C16H12N2O7S2. The van der Waals surface area contributed by atoms with Crippen molar-refractivity contribution in [1.29, 1.82) is 0 Å². The van der Waals surface area contributed by atoms with Crippen LogP contribution in [0.5, 0.6) is 0 Å². The number of fused-ring (bicyclic) bond motifs is 1. The van der Waals surface area contributed by atoms with E-state index in [1.54, 1.807) is 13.0 Å². The predicted octanol–water partition coefficient (Wildman–Crippen LogP) is 2.73. The molecule has 0 aliphatic rings. The van der Waals surface area contributed by atoms with E-state index in [1.807, 2.05) is 0 Å². The van der Waals surface area contributed by atoms with Crippen molar-refractivity contribution in [3.63, 3.8) is 0 Å². The molecule has 0 spiro atoms. The Balaban J connectivity index is 1.87. The van der Waals surface area contributed by atoms with Gasteiger partial charge in [-0.05, 0) is 43.3 Å². The number of hydrogen-bond donors (Lipinski definition) is 3. The lowest BCUT2D eigenvalue weighted by molar-refractivity contribution is 0.0696.